The summed E-state index contributed by atoms with van der Waals surface area (Å²) in [6.45, 7) is 2.29. The fourth-order valence-electron chi connectivity index (χ4n) is 2.51. The number of rotatable bonds is 6. The van der Waals surface area contributed by atoms with Gasteiger partial charge in [-0.15, -0.1) is 0 Å². The first-order valence-corrected chi connectivity index (χ1v) is 7.22. The summed E-state index contributed by atoms with van der Waals surface area (Å²) < 4.78 is 0. The molecule has 2 heterocycles. The second-order valence-electron chi connectivity index (χ2n) is 5.13. The SMILES string of the molecule is NCCCCCCC(=O)N1CCc2ncccc2C1. The zero-order valence-corrected chi connectivity index (χ0v) is 11.5. The number of nitrogens with zero attached hydrogens (tertiary/aromatic N) is 2. The van der Waals surface area contributed by atoms with Crippen LogP contribution in [-0.2, 0) is 17.8 Å². The van der Waals surface area contributed by atoms with Gasteiger partial charge in [-0.2, -0.15) is 0 Å². The number of hydrogen-bond acceptors (Lipinski definition) is 3. The first-order chi connectivity index (χ1) is 9.31. The van der Waals surface area contributed by atoms with Gasteiger partial charge in [-0.05, 0) is 31.0 Å². The second-order valence-corrected chi connectivity index (χ2v) is 5.13. The maximum Gasteiger partial charge on any atom is 0.222 e. The van der Waals surface area contributed by atoms with Crippen LogP contribution in [0.15, 0.2) is 18.3 Å². The number of aromatic nitrogens is 1. The molecule has 0 bridgehead atoms. The summed E-state index contributed by atoms with van der Waals surface area (Å²) >= 11 is 0. The first-order valence-electron chi connectivity index (χ1n) is 7.22. The van der Waals surface area contributed by atoms with E-state index in [9.17, 15) is 4.79 Å². The monoisotopic (exact) mass is 261 g/mol. The van der Waals surface area contributed by atoms with E-state index in [0.717, 1.165) is 57.4 Å². The Kier molecular flexibility index (Phi) is 5.33. The van der Waals surface area contributed by atoms with Crippen molar-refractivity contribution in [1.29, 1.82) is 0 Å². The molecule has 2 rings (SSSR count). The van der Waals surface area contributed by atoms with Crippen LogP contribution in [0.1, 0.15) is 43.4 Å². The van der Waals surface area contributed by atoms with Gasteiger partial charge in [-0.3, -0.25) is 9.78 Å². The molecule has 4 heteroatoms. The molecule has 0 aromatic carbocycles. The van der Waals surface area contributed by atoms with Crippen molar-refractivity contribution in [2.75, 3.05) is 13.1 Å². The number of carbonyl (C=O) groups excluding carboxylic acids is 1. The summed E-state index contributed by atoms with van der Waals surface area (Å²) in [7, 11) is 0. The number of fused-ring (bicyclic) bond motifs is 1. The van der Waals surface area contributed by atoms with Gasteiger partial charge >= 0.3 is 0 Å². The van der Waals surface area contributed by atoms with Crippen molar-refractivity contribution in [2.24, 2.45) is 5.73 Å². The lowest BCUT2D eigenvalue weighted by Crippen LogP contribution is -2.36. The molecule has 1 aliphatic rings. The van der Waals surface area contributed by atoms with Crippen molar-refractivity contribution < 1.29 is 4.79 Å². The molecule has 0 radical (unpaired) electrons. The van der Waals surface area contributed by atoms with Crippen LogP contribution in [-0.4, -0.2) is 28.9 Å². The van der Waals surface area contributed by atoms with E-state index in [4.69, 9.17) is 5.73 Å². The summed E-state index contributed by atoms with van der Waals surface area (Å²) in [6, 6.07) is 4.02. The lowest BCUT2D eigenvalue weighted by atomic mass is 10.0. The third kappa shape index (κ3) is 4.03. The number of unbranched alkanes of at least 4 members (excludes halogenated alkanes) is 3. The van der Waals surface area contributed by atoms with Crippen LogP contribution in [0.5, 0.6) is 0 Å². The minimum Gasteiger partial charge on any atom is -0.338 e. The average molecular weight is 261 g/mol. The second kappa shape index (κ2) is 7.24. The Hall–Kier alpha value is -1.42. The van der Waals surface area contributed by atoms with Gasteiger partial charge in [0.15, 0.2) is 0 Å². The van der Waals surface area contributed by atoms with E-state index in [2.05, 4.69) is 11.1 Å². The van der Waals surface area contributed by atoms with Gasteiger partial charge < -0.3 is 10.6 Å². The number of hydrogen-bond donors (Lipinski definition) is 1. The van der Waals surface area contributed by atoms with Crippen LogP contribution in [0, 0.1) is 0 Å². The maximum absolute atomic E-state index is 12.1. The van der Waals surface area contributed by atoms with Crippen LogP contribution >= 0.6 is 0 Å². The summed E-state index contributed by atoms with van der Waals surface area (Å²) in [5.74, 6) is 0.280. The minimum absolute atomic E-state index is 0.280. The normalized spacial score (nSPS) is 14.3. The lowest BCUT2D eigenvalue weighted by Gasteiger charge is -2.28. The Labute approximate surface area is 115 Å². The van der Waals surface area contributed by atoms with E-state index in [1.165, 1.54) is 5.56 Å². The van der Waals surface area contributed by atoms with Gasteiger partial charge in [0.05, 0.1) is 0 Å². The van der Waals surface area contributed by atoms with E-state index >= 15 is 0 Å². The first kappa shape index (κ1) is 14.0. The van der Waals surface area contributed by atoms with E-state index in [-0.39, 0.29) is 5.91 Å². The van der Waals surface area contributed by atoms with Crippen molar-refractivity contribution in [2.45, 2.75) is 45.1 Å². The molecular formula is C15H23N3O. The molecule has 0 atom stereocenters. The molecule has 0 spiro atoms. The molecule has 0 unspecified atom stereocenters. The Morgan fingerprint density at radius 2 is 2.16 bits per heavy atom. The molecule has 1 aliphatic heterocycles. The quantitative estimate of drug-likeness (QED) is 0.795. The van der Waals surface area contributed by atoms with E-state index in [1.807, 2.05) is 17.2 Å². The number of carbonyl (C=O) groups is 1. The highest BCUT2D eigenvalue weighted by molar-refractivity contribution is 5.76. The fourth-order valence-corrected chi connectivity index (χ4v) is 2.51. The fraction of sp³-hybridized carbons (Fsp3) is 0.600. The molecule has 104 valence electrons. The molecular weight excluding hydrogens is 238 g/mol. The predicted molar refractivity (Wildman–Crippen MR) is 75.5 cm³/mol. The van der Waals surface area contributed by atoms with Crippen LogP contribution in [0.2, 0.25) is 0 Å². The average Bonchev–Trinajstić information content (AvgIpc) is 2.46. The van der Waals surface area contributed by atoms with E-state index < -0.39 is 0 Å². The highest BCUT2D eigenvalue weighted by Crippen LogP contribution is 2.17. The maximum atomic E-state index is 12.1. The van der Waals surface area contributed by atoms with Crippen molar-refractivity contribution >= 4 is 5.91 Å². The van der Waals surface area contributed by atoms with Crippen LogP contribution in [0.25, 0.3) is 0 Å². The van der Waals surface area contributed by atoms with Gasteiger partial charge in [-0.1, -0.05) is 18.9 Å². The summed E-state index contributed by atoms with van der Waals surface area (Å²) in [5, 5.41) is 0. The predicted octanol–water partition coefficient (Wildman–Crippen LogP) is 1.88. The van der Waals surface area contributed by atoms with E-state index in [0.29, 0.717) is 6.42 Å². The summed E-state index contributed by atoms with van der Waals surface area (Å²) in [4.78, 5) is 18.4. The third-order valence-electron chi connectivity index (χ3n) is 3.66. The molecule has 0 saturated heterocycles. The zero-order chi connectivity index (χ0) is 13.5. The highest BCUT2D eigenvalue weighted by Gasteiger charge is 2.20. The smallest absolute Gasteiger partial charge is 0.222 e. The van der Waals surface area contributed by atoms with Crippen molar-refractivity contribution in [3.05, 3.63) is 29.6 Å². The highest BCUT2D eigenvalue weighted by atomic mass is 16.2. The molecule has 0 aliphatic carbocycles. The van der Waals surface area contributed by atoms with Crippen LogP contribution in [0.3, 0.4) is 0 Å². The standard InChI is InChI=1S/C15H23N3O/c16-9-4-2-1-3-7-15(19)18-11-8-14-13(12-18)6-5-10-17-14/h5-6,10H,1-4,7-9,11-12,16H2. The zero-order valence-electron chi connectivity index (χ0n) is 11.5. The van der Waals surface area contributed by atoms with Gasteiger partial charge in [0.2, 0.25) is 5.91 Å². The number of nitrogens with two attached hydrogens (primary N) is 1. The Morgan fingerprint density at radius 3 is 3.00 bits per heavy atom. The third-order valence-corrected chi connectivity index (χ3v) is 3.66. The molecule has 19 heavy (non-hydrogen) atoms. The Bertz CT molecular complexity index is 420. The van der Waals surface area contributed by atoms with Gasteiger partial charge in [0.25, 0.3) is 0 Å². The number of amides is 1. The Balaban J connectivity index is 1.76. The number of pyridine rings is 1. The summed E-state index contributed by atoms with van der Waals surface area (Å²) in [5.41, 5.74) is 7.80. The Morgan fingerprint density at radius 1 is 1.32 bits per heavy atom. The molecule has 2 N–H and O–H groups in total. The molecule has 4 nitrogen and oxygen atoms in total. The van der Waals surface area contributed by atoms with Gasteiger partial charge in [-0.25, -0.2) is 0 Å². The molecule has 1 aromatic rings. The largest absolute Gasteiger partial charge is 0.338 e. The van der Waals surface area contributed by atoms with Crippen LogP contribution in [0.4, 0.5) is 0 Å². The van der Waals surface area contributed by atoms with Crippen LogP contribution < -0.4 is 5.73 Å². The van der Waals surface area contributed by atoms with Gasteiger partial charge in [0, 0.05) is 37.8 Å². The van der Waals surface area contributed by atoms with Crippen molar-refractivity contribution in [3.63, 3.8) is 0 Å². The lowest BCUT2D eigenvalue weighted by molar-refractivity contribution is -0.132. The molecule has 0 saturated carbocycles. The van der Waals surface area contributed by atoms with Crippen molar-refractivity contribution in [3.8, 4) is 0 Å². The van der Waals surface area contributed by atoms with E-state index in [1.54, 1.807) is 0 Å². The summed E-state index contributed by atoms with van der Waals surface area (Å²) in [6.07, 6.45) is 7.67. The minimum atomic E-state index is 0.280. The molecule has 1 aromatic heterocycles. The topological polar surface area (TPSA) is 59.2 Å². The molecule has 0 fully saturated rings. The van der Waals surface area contributed by atoms with Crippen molar-refractivity contribution in [1.82, 2.24) is 9.88 Å². The molecule has 1 amide bonds. The van der Waals surface area contributed by atoms with Gasteiger partial charge in [0.1, 0.15) is 0 Å².